The number of halogens is 2. The molecular weight excluding hydrogens is 639 g/mol. The van der Waals surface area contributed by atoms with E-state index in [9.17, 15) is 9.59 Å². The van der Waals surface area contributed by atoms with Crippen LogP contribution in [0.3, 0.4) is 0 Å². The second kappa shape index (κ2) is 12.3. The molecule has 38 heavy (non-hydrogen) atoms. The van der Waals surface area contributed by atoms with Gasteiger partial charge < -0.3 is 14.2 Å². The molecule has 198 valence electrons. The van der Waals surface area contributed by atoms with Crippen LogP contribution in [0.2, 0.25) is 5.02 Å². The van der Waals surface area contributed by atoms with Crippen molar-refractivity contribution >= 4 is 57.6 Å². The third-order valence-electron chi connectivity index (χ3n) is 5.69. The number of aromatic nitrogens is 1. The van der Waals surface area contributed by atoms with Crippen molar-refractivity contribution < 1.29 is 19.0 Å². The molecule has 0 unspecified atom stereocenters. The Morgan fingerprint density at radius 1 is 1.21 bits per heavy atom. The summed E-state index contributed by atoms with van der Waals surface area (Å²) in [4.78, 5) is 32.1. The smallest absolute Gasteiger partial charge is 0.338 e. The molecule has 10 heteroatoms. The second-order valence-electron chi connectivity index (χ2n) is 8.21. The third-order valence-corrected chi connectivity index (χ3v) is 7.70. The number of thiazole rings is 1. The van der Waals surface area contributed by atoms with Gasteiger partial charge in [0, 0.05) is 10.6 Å². The summed E-state index contributed by atoms with van der Waals surface area (Å²) in [5.74, 6) is 0.795. The van der Waals surface area contributed by atoms with Crippen LogP contribution in [0.15, 0.2) is 70.1 Å². The summed E-state index contributed by atoms with van der Waals surface area (Å²) in [5.41, 5.74) is 1.94. The molecule has 0 N–H and O–H groups in total. The van der Waals surface area contributed by atoms with E-state index in [0.717, 1.165) is 9.13 Å². The summed E-state index contributed by atoms with van der Waals surface area (Å²) < 4.78 is 19.6. The van der Waals surface area contributed by atoms with E-state index in [4.69, 9.17) is 25.8 Å². The predicted molar refractivity (Wildman–Crippen MR) is 158 cm³/mol. The van der Waals surface area contributed by atoms with E-state index < -0.39 is 12.0 Å². The molecule has 0 bridgehead atoms. The van der Waals surface area contributed by atoms with E-state index in [-0.39, 0.29) is 12.2 Å². The van der Waals surface area contributed by atoms with Gasteiger partial charge in [-0.3, -0.25) is 9.36 Å². The lowest BCUT2D eigenvalue weighted by Crippen LogP contribution is -2.39. The van der Waals surface area contributed by atoms with E-state index in [0.29, 0.717) is 55.9 Å². The Bertz CT molecular complexity index is 1590. The van der Waals surface area contributed by atoms with Crippen LogP contribution >= 0.6 is 45.5 Å². The lowest BCUT2D eigenvalue weighted by atomic mass is 9.96. The highest BCUT2D eigenvalue weighted by atomic mass is 127. The molecule has 0 saturated heterocycles. The SMILES string of the molecule is C=CCOc1c(I)cc(Cl)cc1/C=c1\sc2n(c1=O)[C@@H](c1ccc(OCC)cc1)C(C(=O)OCC)=C(C)N=2. The van der Waals surface area contributed by atoms with Gasteiger partial charge in [0.25, 0.3) is 5.56 Å². The van der Waals surface area contributed by atoms with E-state index in [1.807, 2.05) is 31.2 Å². The number of rotatable bonds is 9. The predicted octanol–water partition coefficient (Wildman–Crippen LogP) is 5.02. The fourth-order valence-electron chi connectivity index (χ4n) is 4.14. The maximum atomic E-state index is 13.9. The number of fused-ring (bicyclic) bond motifs is 1. The van der Waals surface area contributed by atoms with E-state index in [1.54, 1.807) is 42.7 Å². The minimum atomic E-state index is -0.709. The number of nitrogens with zero attached hydrogens (tertiary/aromatic N) is 2. The zero-order chi connectivity index (χ0) is 27.4. The molecule has 0 saturated carbocycles. The normalized spacial score (nSPS) is 15.1. The topological polar surface area (TPSA) is 79.1 Å². The molecule has 0 fully saturated rings. The number of benzene rings is 2. The summed E-state index contributed by atoms with van der Waals surface area (Å²) in [7, 11) is 0. The molecule has 1 aromatic heterocycles. The fraction of sp³-hybridized carbons (Fsp3) is 0.250. The summed E-state index contributed by atoms with van der Waals surface area (Å²) in [6.07, 6.45) is 3.40. The first-order valence-corrected chi connectivity index (χ1v) is 14.2. The molecular formula is C28H26ClIN2O5S. The first kappa shape index (κ1) is 28.1. The van der Waals surface area contributed by atoms with Crippen molar-refractivity contribution in [3.63, 3.8) is 0 Å². The average Bonchev–Trinajstić information content (AvgIpc) is 3.17. The van der Waals surface area contributed by atoms with Gasteiger partial charge in [-0.25, -0.2) is 9.79 Å². The average molecular weight is 665 g/mol. The number of carbonyl (C=O) groups excluding carboxylic acids is 1. The van der Waals surface area contributed by atoms with Gasteiger partial charge in [0.1, 0.15) is 18.1 Å². The number of ether oxygens (including phenoxy) is 3. The molecule has 1 aliphatic heterocycles. The van der Waals surface area contributed by atoms with Gasteiger partial charge in [-0.1, -0.05) is 47.7 Å². The zero-order valence-corrected chi connectivity index (χ0v) is 24.9. The first-order valence-electron chi connectivity index (χ1n) is 11.9. The van der Waals surface area contributed by atoms with Crippen LogP contribution in [0.5, 0.6) is 11.5 Å². The summed E-state index contributed by atoms with van der Waals surface area (Å²) in [6.45, 7) is 10.2. The summed E-state index contributed by atoms with van der Waals surface area (Å²) in [5, 5.41) is 0.520. The molecule has 1 aliphatic rings. The van der Waals surface area contributed by atoms with Gasteiger partial charge in [-0.15, -0.1) is 0 Å². The van der Waals surface area contributed by atoms with Crippen LogP contribution in [0.4, 0.5) is 0 Å². The quantitative estimate of drug-likeness (QED) is 0.183. The Hall–Kier alpha value is -2.89. The standard InChI is InChI=1S/C28H26ClIN2O5S/c1-5-12-37-25-18(13-19(29)15-21(25)30)14-22-26(33)32-24(17-8-10-20(11-9-17)35-6-2)23(27(34)36-7-3)16(4)31-28(32)38-22/h5,8-11,13-15,24H,1,6-7,12H2,2-4H3/b22-14-/t24-/m0/s1. The number of carbonyl (C=O) groups is 1. The van der Waals surface area contributed by atoms with Gasteiger partial charge in [0.15, 0.2) is 4.80 Å². The number of allylic oxidation sites excluding steroid dienone is 1. The van der Waals surface area contributed by atoms with Crippen molar-refractivity contribution in [2.45, 2.75) is 26.8 Å². The second-order valence-corrected chi connectivity index (χ2v) is 10.8. The number of hydrogen-bond donors (Lipinski definition) is 0. The molecule has 0 amide bonds. The van der Waals surface area contributed by atoms with Crippen molar-refractivity contribution in [1.82, 2.24) is 4.57 Å². The van der Waals surface area contributed by atoms with Crippen molar-refractivity contribution in [3.05, 3.63) is 99.7 Å². The molecule has 7 nitrogen and oxygen atoms in total. The van der Waals surface area contributed by atoms with Crippen LogP contribution in [0, 0.1) is 3.57 Å². The largest absolute Gasteiger partial charge is 0.494 e. The maximum Gasteiger partial charge on any atom is 0.338 e. The highest BCUT2D eigenvalue weighted by molar-refractivity contribution is 14.1. The molecule has 1 atom stereocenters. The van der Waals surface area contributed by atoms with Gasteiger partial charge in [0.2, 0.25) is 0 Å². The molecule has 3 aromatic rings. The Morgan fingerprint density at radius 3 is 2.61 bits per heavy atom. The molecule has 2 aromatic carbocycles. The van der Waals surface area contributed by atoms with Gasteiger partial charge in [0.05, 0.1) is 38.6 Å². The van der Waals surface area contributed by atoms with Crippen molar-refractivity contribution in [1.29, 1.82) is 0 Å². The minimum Gasteiger partial charge on any atom is -0.494 e. The van der Waals surface area contributed by atoms with E-state index in [1.165, 1.54) is 11.3 Å². The van der Waals surface area contributed by atoms with Crippen LogP contribution in [0.25, 0.3) is 6.08 Å². The highest BCUT2D eigenvalue weighted by Gasteiger charge is 2.33. The highest BCUT2D eigenvalue weighted by Crippen LogP contribution is 2.32. The third kappa shape index (κ3) is 5.74. The van der Waals surface area contributed by atoms with Gasteiger partial charge >= 0.3 is 5.97 Å². The first-order chi connectivity index (χ1) is 18.3. The molecule has 0 aliphatic carbocycles. The van der Waals surface area contributed by atoms with Crippen LogP contribution in [-0.4, -0.2) is 30.4 Å². The lowest BCUT2D eigenvalue weighted by molar-refractivity contribution is -0.139. The van der Waals surface area contributed by atoms with Crippen LogP contribution < -0.4 is 24.4 Å². The Kier molecular flexibility index (Phi) is 9.11. The van der Waals surface area contributed by atoms with Gasteiger partial charge in [-0.2, -0.15) is 0 Å². The van der Waals surface area contributed by atoms with Crippen molar-refractivity contribution in [2.75, 3.05) is 19.8 Å². The molecule has 0 spiro atoms. The molecule has 4 rings (SSSR count). The minimum absolute atomic E-state index is 0.205. The molecule has 2 heterocycles. The molecule has 0 radical (unpaired) electrons. The monoisotopic (exact) mass is 664 g/mol. The number of hydrogen-bond acceptors (Lipinski definition) is 7. The number of esters is 1. The van der Waals surface area contributed by atoms with Gasteiger partial charge in [-0.05, 0) is 79.3 Å². The zero-order valence-electron chi connectivity index (χ0n) is 21.1. The Morgan fingerprint density at radius 2 is 1.95 bits per heavy atom. The fourth-order valence-corrected chi connectivity index (χ4v) is 6.39. The van der Waals surface area contributed by atoms with Crippen LogP contribution in [-0.2, 0) is 9.53 Å². The lowest BCUT2D eigenvalue weighted by Gasteiger charge is -2.24. The van der Waals surface area contributed by atoms with E-state index in [2.05, 4.69) is 34.2 Å². The Labute approximate surface area is 242 Å². The summed E-state index contributed by atoms with van der Waals surface area (Å²) >= 11 is 9.72. The van der Waals surface area contributed by atoms with Crippen LogP contribution in [0.1, 0.15) is 37.9 Å². The van der Waals surface area contributed by atoms with Crippen molar-refractivity contribution in [2.24, 2.45) is 4.99 Å². The summed E-state index contributed by atoms with van der Waals surface area (Å²) in [6, 6.07) is 10.2. The Balaban J connectivity index is 1.93. The van der Waals surface area contributed by atoms with E-state index >= 15 is 0 Å². The maximum absolute atomic E-state index is 13.9. The van der Waals surface area contributed by atoms with Crippen molar-refractivity contribution in [3.8, 4) is 11.5 Å².